The highest BCUT2D eigenvalue weighted by atomic mass is 16.2. The van der Waals surface area contributed by atoms with Crippen molar-refractivity contribution in [1.82, 2.24) is 9.88 Å². The van der Waals surface area contributed by atoms with Crippen molar-refractivity contribution in [2.45, 2.75) is 12.8 Å². The van der Waals surface area contributed by atoms with Gasteiger partial charge in [0, 0.05) is 25.1 Å². The zero-order valence-corrected chi connectivity index (χ0v) is 9.35. The molecular weight excluding hydrogens is 218 g/mol. The minimum absolute atomic E-state index is 0.0499. The van der Waals surface area contributed by atoms with Crippen molar-refractivity contribution >= 4 is 5.91 Å². The normalized spacial score (nSPS) is 16.5. The monoisotopic (exact) mass is 231 g/mol. The van der Waals surface area contributed by atoms with Crippen LogP contribution in [0.15, 0.2) is 23.0 Å². The largest absolute Gasteiger partial charge is 0.337 e. The van der Waals surface area contributed by atoms with Crippen LogP contribution in [0.4, 0.5) is 0 Å². The number of aromatic amines is 1. The highest BCUT2D eigenvalue weighted by Gasteiger charge is 2.23. The number of amides is 1. The fourth-order valence-electron chi connectivity index (χ4n) is 1.95. The molecule has 1 fully saturated rings. The summed E-state index contributed by atoms with van der Waals surface area (Å²) in [7, 11) is 0. The fraction of sp³-hybridized carbons (Fsp3) is 0.417. The Morgan fingerprint density at radius 1 is 1.41 bits per heavy atom. The first-order valence-electron chi connectivity index (χ1n) is 5.59. The van der Waals surface area contributed by atoms with Crippen LogP contribution in [-0.4, -0.2) is 28.9 Å². The minimum Gasteiger partial charge on any atom is -0.337 e. The molecule has 2 heterocycles. The lowest BCUT2D eigenvalue weighted by molar-refractivity contribution is 0.0701. The van der Waals surface area contributed by atoms with Gasteiger partial charge >= 0.3 is 0 Å². The molecular formula is C12H13N3O2. The van der Waals surface area contributed by atoms with Gasteiger partial charge in [-0.2, -0.15) is 5.26 Å². The average Bonchev–Trinajstić information content (AvgIpc) is 2.38. The van der Waals surface area contributed by atoms with Gasteiger partial charge in [0.2, 0.25) is 5.56 Å². The molecule has 1 aliphatic rings. The minimum atomic E-state index is -0.275. The molecule has 17 heavy (non-hydrogen) atoms. The molecule has 2 rings (SSSR count). The van der Waals surface area contributed by atoms with Crippen molar-refractivity contribution in [2.75, 3.05) is 13.1 Å². The molecule has 0 atom stereocenters. The SMILES string of the molecule is N#CC1CCN(C(=O)c2cccc(=O)[nH]2)CC1. The first-order valence-corrected chi connectivity index (χ1v) is 5.59. The van der Waals surface area contributed by atoms with Gasteiger partial charge in [-0.25, -0.2) is 0 Å². The van der Waals surface area contributed by atoms with Crippen LogP contribution >= 0.6 is 0 Å². The smallest absolute Gasteiger partial charge is 0.270 e. The second kappa shape index (κ2) is 4.83. The maximum Gasteiger partial charge on any atom is 0.270 e. The molecule has 0 bridgehead atoms. The lowest BCUT2D eigenvalue weighted by Crippen LogP contribution is -2.39. The lowest BCUT2D eigenvalue weighted by Gasteiger charge is -2.28. The van der Waals surface area contributed by atoms with Crippen molar-refractivity contribution in [3.63, 3.8) is 0 Å². The number of likely N-dealkylation sites (tertiary alicyclic amines) is 1. The van der Waals surface area contributed by atoms with Gasteiger partial charge in [0.05, 0.1) is 6.07 Å². The van der Waals surface area contributed by atoms with Crippen LogP contribution in [0.1, 0.15) is 23.3 Å². The summed E-state index contributed by atoms with van der Waals surface area (Å²) < 4.78 is 0. The van der Waals surface area contributed by atoms with Gasteiger partial charge < -0.3 is 9.88 Å². The standard InChI is InChI=1S/C12H13N3O2/c13-8-9-4-6-15(7-5-9)12(17)10-2-1-3-11(16)14-10/h1-3,9H,4-7H2,(H,14,16). The van der Waals surface area contributed by atoms with Crippen molar-refractivity contribution in [3.05, 3.63) is 34.2 Å². The molecule has 0 aromatic carbocycles. The van der Waals surface area contributed by atoms with Crippen molar-refractivity contribution in [3.8, 4) is 6.07 Å². The summed E-state index contributed by atoms with van der Waals surface area (Å²) in [6, 6.07) is 6.75. The van der Waals surface area contributed by atoms with E-state index in [1.807, 2.05) is 0 Å². The van der Waals surface area contributed by atoms with E-state index in [9.17, 15) is 9.59 Å². The molecule has 1 saturated heterocycles. The third-order valence-corrected chi connectivity index (χ3v) is 2.96. The fourth-order valence-corrected chi connectivity index (χ4v) is 1.95. The number of piperidine rings is 1. The number of nitrogens with one attached hydrogen (secondary N) is 1. The van der Waals surface area contributed by atoms with Crippen LogP contribution in [0, 0.1) is 17.2 Å². The van der Waals surface area contributed by atoms with E-state index < -0.39 is 0 Å². The quantitative estimate of drug-likeness (QED) is 0.774. The first-order chi connectivity index (χ1) is 8.20. The number of hydrogen-bond donors (Lipinski definition) is 1. The average molecular weight is 231 g/mol. The van der Waals surface area contributed by atoms with E-state index in [4.69, 9.17) is 5.26 Å². The Labute approximate surface area is 98.7 Å². The van der Waals surface area contributed by atoms with Crippen LogP contribution in [-0.2, 0) is 0 Å². The van der Waals surface area contributed by atoms with Gasteiger partial charge in [0.25, 0.3) is 5.91 Å². The first kappa shape index (κ1) is 11.4. The molecule has 5 nitrogen and oxygen atoms in total. The Balaban J connectivity index is 2.07. The van der Waals surface area contributed by atoms with Crippen LogP contribution in [0.3, 0.4) is 0 Å². The molecule has 0 spiro atoms. The van der Waals surface area contributed by atoms with E-state index in [1.165, 1.54) is 6.07 Å². The predicted molar refractivity (Wildman–Crippen MR) is 61.3 cm³/mol. The third kappa shape index (κ3) is 2.53. The zero-order chi connectivity index (χ0) is 12.3. The lowest BCUT2D eigenvalue weighted by atomic mass is 9.98. The van der Waals surface area contributed by atoms with E-state index in [0.717, 1.165) is 0 Å². The Morgan fingerprint density at radius 3 is 2.71 bits per heavy atom. The van der Waals surface area contributed by atoms with E-state index in [2.05, 4.69) is 11.1 Å². The summed E-state index contributed by atoms with van der Waals surface area (Å²) in [5, 5.41) is 8.77. The number of nitrogens with zero attached hydrogens (tertiary/aromatic N) is 2. The number of carbonyl (C=O) groups excluding carboxylic acids is 1. The number of aromatic nitrogens is 1. The van der Waals surface area contributed by atoms with Crippen molar-refractivity contribution in [1.29, 1.82) is 5.26 Å². The maximum atomic E-state index is 12.0. The van der Waals surface area contributed by atoms with Crippen LogP contribution in [0.25, 0.3) is 0 Å². The molecule has 0 unspecified atom stereocenters. The van der Waals surface area contributed by atoms with Crippen molar-refractivity contribution < 1.29 is 4.79 Å². The Bertz CT molecular complexity index is 507. The molecule has 0 aliphatic carbocycles. The molecule has 1 aromatic heterocycles. The topological polar surface area (TPSA) is 77.0 Å². The van der Waals surface area contributed by atoms with E-state index in [-0.39, 0.29) is 17.4 Å². The summed E-state index contributed by atoms with van der Waals surface area (Å²) in [5.74, 6) is -0.118. The van der Waals surface area contributed by atoms with Gasteiger partial charge in [-0.1, -0.05) is 6.07 Å². The highest BCUT2D eigenvalue weighted by molar-refractivity contribution is 5.92. The predicted octanol–water partition coefficient (Wildman–Crippen LogP) is 0.751. The van der Waals surface area contributed by atoms with E-state index >= 15 is 0 Å². The van der Waals surface area contributed by atoms with Gasteiger partial charge in [0.1, 0.15) is 5.69 Å². The van der Waals surface area contributed by atoms with Gasteiger partial charge in [-0.05, 0) is 18.9 Å². The van der Waals surface area contributed by atoms with Gasteiger partial charge in [0.15, 0.2) is 0 Å². The van der Waals surface area contributed by atoms with E-state index in [1.54, 1.807) is 17.0 Å². The summed E-state index contributed by atoms with van der Waals surface area (Å²) in [4.78, 5) is 27.3. The second-order valence-corrected chi connectivity index (χ2v) is 4.12. The van der Waals surface area contributed by atoms with Crippen molar-refractivity contribution in [2.24, 2.45) is 5.92 Å². The number of pyridine rings is 1. The molecule has 1 aliphatic heterocycles. The highest BCUT2D eigenvalue weighted by Crippen LogP contribution is 2.17. The summed E-state index contributed by atoms with van der Waals surface area (Å²) in [5.41, 5.74) is 0.0377. The van der Waals surface area contributed by atoms with Crippen LogP contribution < -0.4 is 5.56 Å². The molecule has 1 N–H and O–H groups in total. The summed E-state index contributed by atoms with van der Waals surface area (Å²) in [6.07, 6.45) is 1.42. The zero-order valence-electron chi connectivity index (χ0n) is 9.35. The molecule has 88 valence electrons. The Kier molecular flexibility index (Phi) is 3.24. The Morgan fingerprint density at radius 2 is 2.12 bits per heavy atom. The number of H-pyrrole nitrogens is 1. The van der Waals surface area contributed by atoms with Gasteiger partial charge in [-0.15, -0.1) is 0 Å². The molecule has 0 radical (unpaired) electrons. The molecule has 5 heteroatoms. The molecule has 0 saturated carbocycles. The number of hydrogen-bond acceptors (Lipinski definition) is 3. The van der Waals surface area contributed by atoms with Gasteiger partial charge in [-0.3, -0.25) is 9.59 Å². The molecule has 1 aromatic rings. The number of nitriles is 1. The Hall–Kier alpha value is -2.09. The summed E-state index contributed by atoms with van der Waals surface area (Å²) >= 11 is 0. The second-order valence-electron chi connectivity index (χ2n) is 4.12. The van der Waals surface area contributed by atoms with E-state index in [0.29, 0.717) is 31.6 Å². The number of carbonyl (C=O) groups is 1. The molecule has 1 amide bonds. The number of rotatable bonds is 1. The summed E-state index contributed by atoms with van der Waals surface area (Å²) in [6.45, 7) is 1.15. The van der Waals surface area contributed by atoms with Crippen LogP contribution in [0.5, 0.6) is 0 Å². The van der Waals surface area contributed by atoms with Crippen LogP contribution in [0.2, 0.25) is 0 Å². The maximum absolute atomic E-state index is 12.0. The third-order valence-electron chi connectivity index (χ3n) is 2.96.